The number of benzene rings is 1. The van der Waals surface area contributed by atoms with Crippen LogP contribution in [0.2, 0.25) is 10.0 Å². The van der Waals surface area contributed by atoms with Crippen LogP contribution in [0.1, 0.15) is 49.0 Å². The van der Waals surface area contributed by atoms with E-state index >= 15 is 0 Å². The zero-order valence-electron chi connectivity index (χ0n) is 13.9. The summed E-state index contributed by atoms with van der Waals surface area (Å²) in [6.45, 7) is 6.69. The van der Waals surface area contributed by atoms with Crippen molar-refractivity contribution in [3.8, 4) is 0 Å². The van der Waals surface area contributed by atoms with E-state index in [1.54, 1.807) is 23.5 Å². The second-order valence-corrected chi connectivity index (χ2v) is 7.58. The van der Waals surface area contributed by atoms with Gasteiger partial charge in [-0.3, -0.25) is 0 Å². The molecule has 0 aliphatic heterocycles. The molecule has 0 unspecified atom stereocenters. The average molecular weight is 386 g/mol. The van der Waals surface area contributed by atoms with E-state index in [2.05, 4.69) is 29.5 Å². The quantitative estimate of drug-likeness (QED) is 0.719. The lowest BCUT2D eigenvalue weighted by molar-refractivity contribution is 0.238. The Bertz CT molecular complexity index is 703. The lowest BCUT2D eigenvalue weighted by Crippen LogP contribution is -2.38. The van der Waals surface area contributed by atoms with Gasteiger partial charge < -0.3 is 10.6 Å². The molecule has 7 heteroatoms. The lowest BCUT2D eigenvalue weighted by atomic mass is 10.1. The summed E-state index contributed by atoms with van der Waals surface area (Å²) in [6, 6.07) is 4.96. The van der Waals surface area contributed by atoms with E-state index in [9.17, 15) is 4.79 Å². The van der Waals surface area contributed by atoms with Crippen molar-refractivity contribution in [1.82, 2.24) is 15.6 Å². The standard InChI is InChI=1S/C17H21Cl2N3OS/c1-10(2)16-22-13(9-24-16)6-7-20-17(23)21-11(3)12-4-5-14(18)15(19)8-12/h4-5,8-11H,6-7H2,1-3H3,(H2,20,21,23)/t11-/m0/s1. The summed E-state index contributed by atoms with van der Waals surface area (Å²) in [4.78, 5) is 16.5. The molecular formula is C17H21Cl2N3OS. The van der Waals surface area contributed by atoms with Gasteiger partial charge in [-0.15, -0.1) is 11.3 Å². The number of amides is 2. The van der Waals surface area contributed by atoms with Crippen molar-refractivity contribution in [2.45, 2.75) is 39.2 Å². The van der Waals surface area contributed by atoms with Gasteiger partial charge in [-0.2, -0.15) is 0 Å². The van der Waals surface area contributed by atoms with Crippen LogP contribution in [0.3, 0.4) is 0 Å². The van der Waals surface area contributed by atoms with E-state index in [1.807, 2.05) is 18.4 Å². The highest BCUT2D eigenvalue weighted by Gasteiger charge is 2.11. The van der Waals surface area contributed by atoms with E-state index in [0.717, 1.165) is 22.7 Å². The summed E-state index contributed by atoms with van der Waals surface area (Å²) in [5.74, 6) is 0.437. The molecule has 2 N–H and O–H groups in total. The second-order valence-electron chi connectivity index (χ2n) is 5.88. The Morgan fingerprint density at radius 1 is 1.25 bits per heavy atom. The summed E-state index contributed by atoms with van der Waals surface area (Å²) in [7, 11) is 0. The van der Waals surface area contributed by atoms with Gasteiger partial charge in [0, 0.05) is 24.3 Å². The molecule has 0 spiro atoms. The van der Waals surface area contributed by atoms with Gasteiger partial charge in [0.1, 0.15) is 0 Å². The summed E-state index contributed by atoms with van der Waals surface area (Å²) in [5.41, 5.74) is 1.92. The topological polar surface area (TPSA) is 54.0 Å². The molecule has 0 saturated heterocycles. The van der Waals surface area contributed by atoms with Gasteiger partial charge in [0.2, 0.25) is 0 Å². The summed E-state index contributed by atoms with van der Waals surface area (Å²) >= 11 is 13.6. The lowest BCUT2D eigenvalue weighted by Gasteiger charge is -2.15. The molecule has 0 aliphatic carbocycles. The number of thiazole rings is 1. The molecule has 0 bridgehead atoms. The van der Waals surface area contributed by atoms with Crippen LogP contribution in [0.15, 0.2) is 23.6 Å². The Labute approximate surface area is 156 Å². The number of hydrogen-bond donors (Lipinski definition) is 2. The van der Waals surface area contributed by atoms with Crippen molar-refractivity contribution >= 4 is 40.6 Å². The van der Waals surface area contributed by atoms with Crippen molar-refractivity contribution in [2.75, 3.05) is 6.54 Å². The third kappa shape index (κ3) is 5.36. The Kier molecular flexibility index (Phi) is 6.90. The molecule has 0 radical (unpaired) electrons. The fourth-order valence-electron chi connectivity index (χ4n) is 2.12. The fraction of sp³-hybridized carbons (Fsp3) is 0.412. The zero-order valence-corrected chi connectivity index (χ0v) is 16.2. The number of halogens is 2. The molecule has 1 aromatic heterocycles. The van der Waals surface area contributed by atoms with Gasteiger partial charge >= 0.3 is 6.03 Å². The second kappa shape index (κ2) is 8.70. The van der Waals surface area contributed by atoms with Crippen molar-refractivity contribution in [3.63, 3.8) is 0 Å². The zero-order chi connectivity index (χ0) is 17.7. The Morgan fingerprint density at radius 2 is 2.00 bits per heavy atom. The molecule has 2 amide bonds. The Hall–Kier alpha value is -1.30. The molecule has 130 valence electrons. The van der Waals surface area contributed by atoms with Gasteiger partial charge in [0.15, 0.2) is 0 Å². The molecule has 2 rings (SSSR count). The molecular weight excluding hydrogens is 365 g/mol. The van der Waals surface area contributed by atoms with Crippen molar-refractivity contribution in [1.29, 1.82) is 0 Å². The highest BCUT2D eigenvalue weighted by Crippen LogP contribution is 2.25. The molecule has 4 nitrogen and oxygen atoms in total. The van der Waals surface area contributed by atoms with Crippen LogP contribution >= 0.6 is 34.5 Å². The van der Waals surface area contributed by atoms with E-state index in [-0.39, 0.29) is 12.1 Å². The van der Waals surface area contributed by atoms with Gasteiger partial charge in [-0.1, -0.05) is 43.1 Å². The van der Waals surface area contributed by atoms with E-state index in [4.69, 9.17) is 23.2 Å². The maximum absolute atomic E-state index is 12.0. The summed E-state index contributed by atoms with van der Waals surface area (Å²) < 4.78 is 0. The predicted octanol–water partition coefficient (Wildman–Crippen LogP) is 5.18. The minimum absolute atomic E-state index is 0.161. The highest BCUT2D eigenvalue weighted by atomic mass is 35.5. The van der Waals surface area contributed by atoms with Gasteiger partial charge in [-0.05, 0) is 24.6 Å². The maximum atomic E-state index is 12.0. The van der Waals surface area contributed by atoms with E-state index < -0.39 is 0 Å². The molecule has 2 aromatic rings. The first-order valence-corrected chi connectivity index (χ1v) is 9.44. The van der Waals surface area contributed by atoms with Crippen LogP contribution in [-0.4, -0.2) is 17.6 Å². The number of carbonyl (C=O) groups is 1. The molecule has 1 atom stereocenters. The number of hydrogen-bond acceptors (Lipinski definition) is 3. The number of nitrogens with one attached hydrogen (secondary N) is 2. The van der Waals surface area contributed by atoms with Crippen LogP contribution < -0.4 is 10.6 Å². The smallest absolute Gasteiger partial charge is 0.315 e. The van der Waals surface area contributed by atoms with Gasteiger partial charge in [0.05, 0.1) is 26.8 Å². The molecule has 1 heterocycles. The van der Waals surface area contributed by atoms with Crippen molar-refractivity contribution in [2.24, 2.45) is 0 Å². The largest absolute Gasteiger partial charge is 0.338 e. The fourth-order valence-corrected chi connectivity index (χ4v) is 3.30. The SMILES string of the molecule is CC(C)c1nc(CCNC(=O)N[C@@H](C)c2ccc(Cl)c(Cl)c2)cs1. The first-order valence-electron chi connectivity index (χ1n) is 7.80. The van der Waals surface area contributed by atoms with Gasteiger partial charge in [0.25, 0.3) is 0 Å². The van der Waals surface area contributed by atoms with Crippen LogP contribution in [0.4, 0.5) is 4.79 Å². The first kappa shape index (κ1) is 19.0. The van der Waals surface area contributed by atoms with Crippen LogP contribution in [-0.2, 0) is 6.42 Å². The number of aromatic nitrogens is 1. The number of rotatable bonds is 6. The van der Waals surface area contributed by atoms with Crippen LogP contribution in [0.25, 0.3) is 0 Å². The normalized spacial score (nSPS) is 12.2. The molecule has 0 fully saturated rings. The number of carbonyl (C=O) groups excluding carboxylic acids is 1. The first-order chi connectivity index (χ1) is 11.4. The number of nitrogens with zero attached hydrogens (tertiary/aromatic N) is 1. The van der Waals surface area contributed by atoms with Crippen LogP contribution in [0.5, 0.6) is 0 Å². The summed E-state index contributed by atoms with van der Waals surface area (Å²) in [6.07, 6.45) is 0.720. The predicted molar refractivity (Wildman–Crippen MR) is 101 cm³/mol. The molecule has 1 aromatic carbocycles. The molecule has 0 saturated carbocycles. The average Bonchev–Trinajstić information content (AvgIpc) is 2.99. The van der Waals surface area contributed by atoms with Crippen molar-refractivity contribution in [3.05, 3.63) is 49.9 Å². The van der Waals surface area contributed by atoms with Crippen molar-refractivity contribution < 1.29 is 4.79 Å². The molecule has 24 heavy (non-hydrogen) atoms. The Morgan fingerprint density at radius 3 is 2.62 bits per heavy atom. The van der Waals surface area contributed by atoms with Gasteiger partial charge in [-0.25, -0.2) is 9.78 Å². The van der Waals surface area contributed by atoms with Crippen LogP contribution in [0, 0.1) is 0 Å². The maximum Gasteiger partial charge on any atom is 0.315 e. The highest BCUT2D eigenvalue weighted by molar-refractivity contribution is 7.09. The summed E-state index contributed by atoms with van der Waals surface area (Å²) in [5, 5.41) is 9.89. The molecule has 0 aliphatic rings. The monoisotopic (exact) mass is 385 g/mol. The van der Waals surface area contributed by atoms with E-state index in [1.165, 1.54) is 0 Å². The number of urea groups is 1. The minimum atomic E-state index is -0.215. The third-order valence-electron chi connectivity index (χ3n) is 3.52. The van der Waals surface area contributed by atoms with E-state index in [0.29, 0.717) is 22.5 Å². The Balaban J connectivity index is 1.78. The minimum Gasteiger partial charge on any atom is -0.338 e. The third-order valence-corrected chi connectivity index (χ3v) is 5.45.